The third-order valence-electron chi connectivity index (χ3n) is 3.49. The third kappa shape index (κ3) is 4.38. The van der Waals surface area contributed by atoms with E-state index in [9.17, 15) is 5.11 Å². The van der Waals surface area contributed by atoms with Crippen LogP contribution in [0.5, 0.6) is 0 Å². The number of benzene rings is 1. The van der Waals surface area contributed by atoms with Gasteiger partial charge in [0.1, 0.15) is 5.60 Å². The van der Waals surface area contributed by atoms with Crippen LogP contribution in [-0.2, 0) is 12.0 Å². The maximum atomic E-state index is 11.3. The number of aliphatic hydroxyl groups is 1. The van der Waals surface area contributed by atoms with Gasteiger partial charge in [-0.25, -0.2) is 0 Å². The summed E-state index contributed by atoms with van der Waals surface area (Å²) >= 11 is 3.30. The van der Waals surface area contributed by atoms with E-state index in [2.05, 4.69) is 4.98 Å². The Morgan fingerprint density at radius 2 is 1.82 bits per heavy atom. The first-order valence-corrected chi connectivity index (χ1v) is 9.52. The van der Waals surface area contributed by atoms with Gasteiger partial charge in [-0.05, 0) is 43.2 Å². The maximum absolute atomic E-state index is 11.3. The largest absolute Gasteiger partial charge is 0.381 e. The summed E-state index contributed by atoms with van der Waals surface area (Å²) in [6.07, 6.45) is 8.22. The van der Waals surface area contributed by atoms with Gasteiger partial charge >= 0.3 is 0 Å². The molecule has 1 N–H and O–H groups in total. The predicted octanol–water partition coefficient (Wildman–Crippen LogP) is 4.39. The average molecular weight is 332 g/mol. The van der Waals surface area contributed by atoms with Gasteiger partial charge in [0, 0.05) is 22.5 Å². The van der Waals surface area contributed by atoms with Crippen molar-refractivity contribution in [1.82, 2.24) is 4.98 Å². The summed E-state index contributed by atoms with van der Waals surface area (Å²) in [6, 6.07) is 13.8. The Morgan fingerprint density at radius 1 is 1.14 bits per heavy atom. The molecule has 1 atom stereocenters. The van der Waals surface area contributed by atoms with Crippen LogP contribution in [0, 0.1) is 6.92 Å². The van der Waals surface area contributed by atoms with Crippen LogP contribution in [0.25, 0.3) is 0 Å². The Labute approximate surface area is 141 Å². The average Bonchev–Trinajstić information content (AvgIpc) is 2.54. The van der Waals surface area contributed by atoms with E-state index in [1.54, 1.807) is 29.7 Å². The van der Waals surface area contributed by atoms with Crippen molar-refractivity contribution in [2.45, 2.75) is 18.9 Å². The van der Waals surface area contributed by atoms with E-state index in [1.807, 2.05) is 68.0 Å². The summed E-state index contributed by atoms with van der Waals surface area (Å²) in [4.78, 5) is 4.36. The summed E-state index contributed by atoms with van der Waals surface area (Å²) < 4.78 is 1.10. The van der Waals surface area contributed by atoms with Gasteiger partial charge in [0.2, 0.25) is 0 Å². The summed E-state index contributed by atoms with van der Waals surface area (Å²) in [5.74, 6) is 0. The zero-order chi connectivity index (χ0) is 16.0. The van der Waals surface area contributed by atoms with E-state index in [4.69, 9.17) is 0 Å². The molecule has 0 bridgehead atoms. The molecule has 2 nitrogen and oxygen atoms in total. The summed E-state index contributed by atoms with van der Waals surface area (Å²) in [5.41, 5.74) is 1.90. The van der Waals surface area contributed by atoms with Gasteiger partial charge in [0.15, 0.2) is 0 Å². The fourth-order valence-electron chi connectivity index (χ4n) is 2.25. The lowest BCUT2D eigenvalue weighted by Gasteiger charge is -2.26. The van der Waals surface area contributed by atoms with Crippen molar-refractivity contribution in [3.63, 3.8) is 0 Å². The van der Waals surface area contributed by atoms with Crippen LogP contribution in [0.3, 0.4) is 0 Å². The fourth-order valence-corrected chi connectivity index (χ4v) is 3.55. The molecule has 1 aromatic carbocycles. The summed E-state index contributed by atoms with van der Waals surface area (Å²) in [6.45, 7) is 2.05. The molecule has 0 aliphatic rings. The summed E-state index contributed by atoms with van der Waals surface area (Å²) in [5, 5.41) is 11.3. The van der Waals surface area contributed by atoms with Gasteiger partial charge in [0.25, 0.3) is 0 Å². The normalized spacial score (nSPS) is 13.5. The Kier molecular flexibility index (Phi) is 6.12. The zero-order valence-electron chi connectivity index (χ0n) is 13.1. The topological polar surface area (TPSA) is 33.1 Å². The predicted molar refractivity (Wildman–Crippen MR) is 98.1 cm³/mol. The molecule has 0 aliphatic heterocycles. The lowest BCUT2D eigenvalue weighted by molar-refractivity contribution is 0.0888. The third-order valence-corrected chi connectivity index (χ3v) is 5.53. The van der Waals surface area contributed by atoms with Gasteiger partial charge in [-0.2, -0.15) is 0 Å². The number of aryl methyl sites for hydroxylation is 1. The molecule has 1 unspecified atom stereocenters. The van der Waals surface area contributed by atoms with Crippen molar-refractivity contribution >= 4 is 23.5 Å². The van der Waals surface area contributed by atoms with Crippen molar-refractivity contribution in [2.24, 2.45) is 0 Å². The molecule has 2 aromatic rings. The first kappa shape index (κ1) is 17.1. The van der Waals surface area contributed by atoms with Gasteiger partial charge in [0.05, 0.1) is 0 Å². The molecule has 0 radical (unpaired) electrons. The van der Waals surface area contributed by atoms with Crippen LogP contribution in [0.4, 0.5) is 0 Å². The van der Waals surface area contributed by atoms with Crippen molar-refractivity contribution in [3.05, 3.63) is 75.8 Å². The molecule has 0 amide bonds. The molecule has 4 heteroatoms. The Morgan fingerprint density at radius 3 is 2.36 bits per heavy atom. The second kappa shape index (κ2) is 7.86. The smallest absolute Gasteiger partial charge is 0.115 e. The maximum Gasteiger partial charge on any atom is 0.115 e. The molecule has 22 heavy (non-hydrogen) atoms. The van der Waals surface area contributed by atoms with Crippen LogP contribution < -0.4 is 0 Å². The number of thioether (sulfide) groups is 2. The number of nitrogens with zero attached hydrogens (tertiary/aromatic N) is 1. The van der Waals surface area contributed by atoms with Crippen LogP contribution in [-0.4, -0.2) is 22.6 Å². The minimum absolute atomic E-state index is 0.460. The van der Waals surface area contributed by atoms with E-state index < -0.39 is 5.60 Å². The molecule has 116 valence electrons. The second-order valence-corrected chi connectivity index (χ2v) is 7.11. The molecule has 0 aliphatic carbocycles. The molecule has 1 aromatic heterocycles. The van der Waals surface area contributed by atoms with Crippen molar-refractivity contribution in [1.29, 1.82) is 0 Å². The van der Waals surface area contributed by atoms with Gasteiger partial charge in [-0.3, -0.25) is 4.98 Å². The SMILES string of the molecule is CSC(=CC(O)(Cc1ccccn1)c1ccc(C)cc1)SC. The lowest BCUT2D eigenvalue weighted by atomic mass is 9.88. The molecule has 0 fully saturated rings. The molecule has 0 spiro atoms. The fraction of sp³-hybridized carbons (Fsp3) is 0.278. The van der Waals surface area contributed by atoms with E-state index in [-0.39, 0.29) is 0 Å². The van der Waals surface area contributed by atoms with Crippen molar-refractivity contribution < 1.29 is 5.11 Å². The Hall–Kier alpha value is -1.23. The lowest BCUT2D eigenvalue weighted by Crippen LogP contribution is -2.27. The monoisotopic (exact) mass is 331 g/mol. The van der Waals surface area contributed by atoms with Gasteiger partial charge in [-0.15, -0.1) is 23.5 Å². The second-order valence-electron chi connectivity index (χ2n) is 5.16. The Balaban J connectivity index is 2.43. The van der Waals surface area contributed by atoms with Gasteiger partial charge in [-0.1, -0.05) is 35.9 Å². The quantitative estimate of drug-likeness (QED) is 0.851. The van der Waals surface area contributed by atoms with E-state index in [0.29, 0.717) is 6.42 Å². The van der Waals surface area contributed by atoms with E-state index in [1.165, 1.54) is 5.56 Å². The molecular weight excluding hydrogens is 310 g/mol. The van der Waals surface area contributed by atoms with Crippen LogP contribution in [0.15, 0.2) is 59.0 Å². The highest BCUT2D eigenvalue weighted by Crippen LogP contribution is 2.34. The molecule has 1 heterocycles. The highest BCUT2D eigenvalue weighted by atomic mass is 32.2. The molecular formula is C18H21NOS2. The van der Waals surface area contributed by atoms with E-state index >= 15 is 0 Å². The van der Waals surface area contributed by atoms with Crippen molar-refractivity contribution in [2.75, 3.05) is 12.5 Å². The molecule has 0 saturated heterocycles. The van der Waals surface area contributed by atoms with Crippen molar-refractivity contribution in [3.8, 4) is 0 Å². The highest BCUT2D eigenvalue weighted by Gasteiger charge is 2.28. The Bertz CT molecular complexity index is 619. The number of hydrogen-bond acceptors (Lipinski definition) is 4. The number of aromatic nitrogens is 1. The molecule has 2 rings (SSSR count). The van der Waals surface area contributed by atoms with E-state index in [0.717, 1.165) is 15.5 Å². The standard InChI is InChI=1S/C18H21NOS2/c1-14-7-9-15(10-8-14)18(20,13-17(21-2)22-3)12-16-6-4-5-11-19-16/h4-11,13,20H,12H2,1-3H3. The molecule has 0 saturated carbocycles. The first-order valence-electron chi connectivity index (χ1n) is 7.07. The minimum atomic E-state index is -1.05. The van der Waals surface area contributed by atoms with Crippen LogP contribution in [0.1, 0.15) is 16.8 Å². The van der Waals surface area contributed by atoms with Gasteiger partial charge < -0.3 is 5.11 Å². The number of rotatable bonds is 6. The summed E-state index contributed by atoms with van der Waals surface area (Å²) in [7, 11) is 0. The number of hydrogen-bond donors (Lipinski definition) is 1. The van der Waals surface area contributed by atoms with Crippen LogP contribution in [0.2, 0.25) is 0 Å². The zero-order valence-corrected chi connectivity index (χ0v) is 14.7. The number of pyridine rings is 1. The first-order chi connectivity index (χ1) is 10.6. The highest BCUT2D eigenvalue weighted by molar-refractivity contribution is 8.21. The van der Waals surface area contributed by atoms with Crippen LogP contribution >= 0.6 is 23.5 Å². The minimum Gasteiger partial charge on any atom is -0.381 e.